The second-order valence-electron chi connectivity index (χ2n) is 5.15. The highest BCUT2D eigenvalue weighted by Crippen LogP contribution is 2.35. The van der Waals surface area contributed by atoms with Crippen molar-refractivity contribution in [2.24, 2.45) is 0 Å². The number of rotatable bonds is 4. The average molecular weight is 309 g/mol. The number of anilines is 2. The largest absolute Gasteiger partial charge is 0.463 e. The molecule has 2 aromatic rings. The molecule has 0 unspecified atom stereocenters. The Balaban J connectivity index is 2.11. The lowest BCUT2D eigenvalue weighted by molar-refractivity contribution is -0.138. The SMILES string of the molecule is CCOC(=O)C(C)=C(c1ccccc1)N1NNc2ccccc21. The minimum Gasteiger partial charge on any atom is -0.463 e. The number of hydrogen-bond acceptors (Lipinski definition) is 5. The molecule has 0 radical (unpaired) electrons. The maximum absolute atomic E-state index is 12.3. The minimum absolute atomic E-state index is 0.322. The van der Waals surface area contributed by atoms with Crippen molar-refractivity contribution in [3.8, 4) is 0 Å². The molecule has 2 N–H and O–H groups in total. The van der Waals surface area contributed by atoms with Gasteiger partial charge in [0.2, 0.25) is 0 Å². The molecule has 3 rings (SSSR count). The summed E-state index contributed by atoms with van der Waals surface area (Å²) in [5.41, 5.74) is 10.4. The van der Waals surface area contributed by atoms with Crippen LogP contribution in [0.4, 0.5) is 11.4 Å². The Morgan fingerprint density at radius 1 is 1.09 bits per heavy atom. The Kier molecular flexibility index (Phi) is 4.30. The standard InChI is InChI=1S/C18H19N3O2/c1-3-23-18(22)13(2)17(14-9-5-4-6-10-14)21-16-12-8-7-11-15(16)19-20-21/h4-12,19-20H,3H2,1-2H3. The molecule has 0 bridgehead atoms. The van der Waals surface area contributed by atoms with Crippen molar-refractivity contribution in [1.29, 1.82) is 0 Å². The van der Waals surface area contributed by atoms with E-state index in [1.54, 1.807) is 13.8 Å². The van der Waals surface area contributed by atoms with Crippen LogP contribution in [0.2, 0.25) is 0 Å². The van der Waals surface area contributed by atoms with Crippen LogP contribution >= 0.6 is 0 Å². The predicted octanol–water partition coefficient (Wildman–Crippen LogP) is 3.33. The van der Waals surface area contributed by atoms with Crippen LogP contribution in [0.1, 0.15) is 19.4 Å². The molecule has 0 aromatic heterocycles. The van der Waals surface area contributed by atoms with Crippen molar-refractivity contribution in [3.05, 3.63) is 65.7 Å². The highest BCUT2D eigenvalue weighted by molar-refractivity contribution is 6.01. The molecule has 5 nitrogen and oxygen atoms in total. The van der Waals surface area contributed by atoms with Crippen LogP contribution in [-0.4, -0.2) is 12.6 Å². The van der Waals surface area contributed by atoms with Gasteiger partial charge in [0, 0.05) is 5.56 Å². The highest BCUT2D eigenvalue weighted by atomic mass is 16.5. The number of fused-ring (bicyclic) bond motifs is 1. The molecule has 2 aromatic carbocycles. The third kappa shape index (κ3) is 2.91. The van der Waals surface area contributed by atoms with Crippen molar-refractivity contribution in [2.45, 2.75) is 13.8 Å². The molecule has 23 heavy (non-hydrogen) atoms. The Hall–Kier alpha value is -2.79. The molecule has 118 valence electrons. The van der Waals surface area contributed by atoms with E-state index in [0.29, 0.717) is 12.2 Å². The van der Waals surface area contributed by atoms with Crippen LogP contribution in [0.25, 0.3) is 5.70 Å². The quantitative estimate of drug-likeness (QED) is 0.670. The molecule has 0 aliphatic carbocycles. The Morgan fingerprint density at radius 3 is 2.52 bits per heavy atom. The molecular weight excluding hydrogens is 290 g/mol. The third-order valence-corrected chi connectivity index (χ3v) is 3.65. The van der Waals surface area contributed by atoms with Crippen LogP contribution in [0.15, 0.2) is 60.2 Å². The number of benzene rings is 2. The van der Waals surface area contributed by atoms with Gasteiger partial charge in [-0.1, -0.05) is 42.5 Å². The lowest BCUT2D eigenvalue weighted by Gasteiger charge is -2.24. The van der Waals surface area contributed by atoms with Gasteiger partial charge in [-0.3, -0.25) is 5.01 Å². The second-order valence-corrected chi connectivity index (χ2v) is 5.15. The highest BCUT2D eigenvalue weighted by Gasteiger charge is 2.26. The molecule has 1 aliphatic rings. The summed E-state index contributed by atoms with van der Waals surface area (Å²) in [7, 11) is 0. The van der Waals surface area contributed by atoms with Gasteiger partial charge in [-0.15, -0.1) is 5.53 Å². The molecule has 5 heteroatoms. The van der Waals surface area contributed by atoms with Crippen LogP contribution in [0.5, 0.6) is 0 Å². The molecule has 0 spiro atoms. The fraction of sp³-hybridized carbons (Fsp3) is 0.167. The topological polar surface area (TPSA) is 53.6 Å². The predicted molar refractivity (Wildman–Crippen MR) is 91.3 cm³/mol. The minimum atomic E-state index is -0.322. The van der Waals surface area contributed by atoms with E-state index in [1.165, 1.54) is 0 Å². The Labute approximate surface area is 135 Å². The zero-order valence-corrected chi connectivity index (χ0v) is 13.2. The number of esters is 1. The molecule has 0 atom stereocenters. The molecule has 0 amide bonds. The summed E-state index contributed by atoms with van der Waals surface area (Å²) in [6, 6.07) is 17.7. The number of nitrogens with one attached hydrogen (secondary N) is 2. The van der Waals surface area contributed by atoms with Gasteiger partial charge in [-0.2, -0.15) is 0 Å². The first-order valence-corrected chi connectivity index (χ1v) is 7.56. The number of carbonyl (C=O) groups is 1. The van der Waals surface area contributed by atoms with E-state index in [2.05, 4.69) is 11.0 Å². The second kappa shape index (κ2) is 6.54. The van der Waals surface area contributed by atoms with Crippen molar-refractivity contribution in [2.75, 3.05) is 17.0 Å². The summed E-state index contributed by atoms with van der Waals surface area (Å²) in [4.78, 5) is 12.3. The summed E-state index contributed by atoms with van der Waals surface area (Å²) in [6.07, 6.45) is 0. The average Bonchev–Trinajstić information content (AvgIpc) is 3.00. The lowest BCUT2D eigenvalue weighted by Crippen LogP contribution is -2.35. The van der Waals surface area contributed by atoms with E-state index in [0.717, 1.165) is 22.6 Å². The van der Waals surface area contributed by atoms with Crippen LogP contribution in [-0.2, 0) is 9.53 Å². The zero-order chi connectivity index (χ0) is 16.2. The summed E-state index contributed by atoms with van der Waals surface area (Å²) < 4.78 is 5.18. The van der Waals surface area contributed by atoms with Crippen LogP contribution in [0.3, 0.4) is 0 Å². The molecule has 0 saturated heterocycles. The first-order valence-electron chi connectivity index (χ1n) is 7.56. The molecule has 0 fully saturated rings. The maximum atomic E-state index is 12.3. The molecule has 1 heterocycles. The first kappa shape index (κ1) is 15.1. The van der Waals surface area contributed by atoms with Gasteiger partial charge in [0.15, 0.2) is 0 Å². The van der Waals surface area contributed by atoms with Gasteiger partial charge in [0.1, 0.15) is 0 Å². The number of ether oxygens (including phenoxy) is 1. The van der Waals surface area contributed by atoms with Gasteiger partial charge >= 0.3 is 5.97 Å². The molecule has 1 aliphatic heterocycles. The van der Waals surface area contributed by atoms with Gasteiger partial charge in [0.25, 0.3) is 0 Å². The van der Waals surface area contributed by atoms with E-state index in [4.69, 9.17) is 4.74 Å². The molecule has 0 saturated carbocycles. The third-order valence-electron chi connectivity index (χ3n) is 3.65. The fourth-order valence-electron chi connectivity index (χ4n) is 2.57. The van der Waals surface area contributed by atoms with Gasteiger partial charge < -0.3 is 10.2 Å². The van der Waals surface area contributed by atoms with Crippen molar-refractivity contribution >= 4 is 23.0 Å². The van der Waals surface area contributed by atoms with Crippen LogP contribution < -0.4 is 16.0 Å². The summed E-state index contributed by atoms with van der Waals surface area (Å²) in [5, 5.41) is 1.87. The van der Waals surface area contributed by atoms with Crippen molar-refractivity contribution in [3.63, 3.8) is 0 Å². The summed E-state index contributed by atoms with van der Waals surface area (Å²) >= 11 is 0. The van der Waals surface area contributed by atoms with Crippen molar-refractivity contribution in [1.82, 2.24) is 5.53 Å². The zero-order valence-electron chi connectivity index (χ0n) is 13.2. The Morgan fingerprint density at radius 2 is 1.78 bits per heavy atom. The summed E-state index contributed by atoms with van der Waals surface area (Å²) in [5.74, 6) is -0.322. The van der Waals surface area contributed by atoms with Crippen LogP contribution in [0, 0.1) is 0 Å². The number of carbonyl (C=O) groups excluding carboxylic acids is 1. The van der Waals surface area contributed by atoms with Gasteiger partial charge in [-0.25, -0.2) is 4.79 Å². The Bertz CT molecular complexity index is 741. The monoisotopic (exact) mass is 309 g/mol. The smallest absolute Gasteiger partial charge is 0.335 e. The molecular formula is C18H19N3O2. The van der Waals surface area contributed by atoms with Gasteiger partial charge in [0.05, 0.1) is 29.3 Å². The van der Waals surface area contributed by atoms with Gasteiger partial charge in [-0.05, 0) is 26.0 Å². The number of hydrogen-bond donors (Lipinski definition) is 2. The lowest BCUT2D eigenvalue weighted by atomic mass is 10.1. The van der Waals surface area contributed by atoms with Crippen molar-refractivity contribution < 1.29 is 9.53 Å². The number of hydrazine groups is 2. The van der Waals surface area contributed by atoms with E-state index in [-0.39, 0.29) is 5.97 Å². The van der Waals surface area contributed by atoms with E-state index < -0.39 is 0 Å². The van der Waals surface area contributed by atoms with E-state index in [1.807, 2.05) is 59.6 Å². The van der Waals surface area contributed by atoms with E-state index in [9.17, 15) is 4.79 Å². The number of para-hydroxylation sites is 2. The number of nitrogens with zero attached hydrogens (tertiary/aromatic N) is 1. The first-order chi connectivity index (χ1) is 11.2. The normalized spacial score (nSPS) is 13.9. The van der Waals surface area contributed by atoms with E-state index >= 15 is 0 Å². The fourth-order valence-corrected chi connectivity index (χ4v) is 2.57. The maximum Gasteiger partial charge on any atom is 0.335 e. The summed E-state index contributed by atoms with van der Waals surface area (Å²) in [6.45, 7) is 3.93.